The van der Waals surface area contributed by atoms with Crippen molar-refractivity contribution in [2.45, 2.75) is 57.0 Å². The first-order chi connectivity index (χ1) is 7.16. The van der Waals surface area contributed by atoms with E-state index >= 15 is 0 Å². The minimum absolute atomic E-state index is 0.199. The number of rotatable bonds is 9. The molecular formula is C11H20BrFO2. The summed E-state index contributed by atoms with van der Waals surface area (Å²) in [5.41, 5.74) is 0. The van der Waals surface area contributed by atoms with Gasteiger partial charge in [-0.1, -0.05) is 55.0 Å². The van der Waals surface area contributed by atoms with E-state index in [0.717, 1.165) is 12.8 Å². The third-order valence-corrected chi connectivity index (χ3v) is 2.41. The second kappa shape index (κ2) is 10.4. The maximum atomic E-state index is 12.3. The Bertz CT molecular complexity index is 163. The molecule has 0 aliphatic rings. The summed E-state index contributed by atoms with van der Waals surface area (Å²) in [5, 5.41) is -1.28. The number of alkyl halides is 2. The van der Waals surface area contributed by atoms with Gasteiger partial charge in [-0.2, -0.15) is 0 Å². The lowest BCUT2D eigenvalue weighted by molar-refractivity contribution is -0.144. The van der Waals surface area contributed by atoms with Crippen LogP contribution < -0.4 is 0 Å². The van der Waals surface area contributed by atoms with Crippen LogP contribution in [-0.4, -0.2) is 17.7 Å². The highest BCUT2D eigenvalue weighted by Crippen LogP contribution is 2.08. The molecule has 1 unspecified atom stereocenters. The van der Waals surface area contributed by atoms with Crippen molar-refractivity contribution in [3.63, 3.8) is 0 Å². The quantitative estimate of drug-likeness (QED) is 0.363. The molecule has 0 rings (SSSR count). The Morgan fingerprint density at radius 1 is 1.27 bits per heavy atom. The fourth-order valence-corrected chi connectivity index (χ4v) is 1.52. The van der Waals surface area contributed by atoms with E-state index in [1.165, 1.54) is 25.7 Å². The van der Waals surface area contributed by atoms with Gasteiger partial charge in [0.2, 0.25) is 0 Å². The standard InChI is InChI=1S/C11H20BrFO2/c1-2-3-4-5-6-7-8-15-11(14)9-10(12)13/h10H,2-9H2,1H3. The molecule has 2 nitrogen and oxygen atoms in total. The fourth-order valence-electron chi connectivity index (χ4n) is 1.25. The lowest BCUT2D eigenvalue weighted by Crippen LogP contribution is -2.09. The zero-order valence-electron chi connectivity index (χ0n) is 9.31. The average Bonchev–Trinajstić information content (AvgIpc) is 2.15. The fraction of sp³-hybridized carbons (Fsp3) is 0.909. The Kier molecular flexibility index (Phi) is 10.3. The van der Waals surface area contributed by atoms with E-state index in [4.69, 9.17) is 4.74 Å². The van der Waals surface area contributed by atoms with E-state index in [-0.39, 0.29) is 6.42 Å². The van der Waals surface area contributed by atoms with Crippen molar-refractivity contribution in [2.75, 3.05) is 6.61 Å². The van der Waals surface area contributed by atoms with Gasteiger partial charge in [0, 0.05) is 0 Å². The third-order valence-electron chi connectivity index (χ3n) is 2.08. The Morgan fingerprint density at radius 3 is 2.47 bits per heavy atom. The van der Waals surface area contributed by atoms with Crippen LogP contribution in [-0.2, 0) is 9.53 Å². The SMILES string of the molecule is CCCCCCCCOC(=O)CC(F)Br. The van der Waals surface area contributed by atoms with Gasteiger partial charge in [0.05, 0.1) is 13.0 Å². The zero-order valence-corrected chi connectivity index (χ0v) is 10.9. The summed E-state index contributed by atoms with van der Waals surface area (Å²) in [6.07, 6.45) is 6.71. The van der Waals surface area contributed by atoms with Crippen molar-refractivity contribution in [3.05, 3.63) is 0 Å². The summed E-state index contributed by atoms with van der Waals surface area (Å²) in [6, 6.07) is 0. The van der Waals surface area contributed by atoms with E-state index < -0.39 is 11.1 Å². The normalized spacial score (nSPS) is 12.5. The molecule has 0 aromatic carbocycles. The molecule has 0 aromatic heterocycles. The van der Waals surface area contributed by atoms with Gasteiger partial charge in [-0.25, -0.2) is 4.39 Å². The summed E-state index contributed by atoms with van der Waals surface area (Å²) in [7, 11) is 0. The highest BCUT2D eigenvalue weighted by atomic mass is 79.9. The summed E-state index contributed by atoms with van der Waals surface area (Å²) < 4.78 is 17.1. The van der Waals surface area contributed by atoms with Crippen LogP contribution in [0.2, 0.25) is 0 Å². The van der Waals surface area contributed by atoms with Crippen LogP contribution in [0.3, 0.4) is 0 Å². The number of hydrogen-bond donors (Lipinski definition) is 0. The smallest absolute Gasteiger partial charge is 0.309 e. The topological polar surface area (TPSA) is 26.3 Å². The zero-order chi connectivity index (χ0) is 11.5. The predicted octanol–water partition coefficient (Wildman–Crippen LogP) is 3.97. The van der Waals surface area contributed by atoms with E-state index in [1.807, 2.05) is 0 Å². The number of ether oxygens (including phenoxy) is 1. The summed E-state index contributed by atoms with van der Waals surface area (Å²) in [6.45, 7) is 2.60. The van der Waals surface area contributed by atoms with Crippen molar-refractivity contribution in [1.82, 2.24) is 0 Å². The Balaban J connectivity index is 3.13. The number of hydrogen-bond acceptors (Lipinski definition) is 2. The van der Waals surface area contributed by atoms with Crippen molar-refractivity contribution >= 4 is 21.9 Å². The first kappa shape index (κ1) is 14.9. The highest BCUT2D eigenvalue weighted by molar-refractivity contribution is 9.09. The van der Waals surface area contributed by atoms with Crippen molar-refractivity contribution < 1.29 is 13.9 Å². The second-order valence-corrected chi connectivity index (χ2v) is 4.58. The molecule has 0 radical (unpaired) electrons. The van der Waals surface area contributed by atoms with Crippen LogP contribution in [0.1, 0.15) is 51.9 Å². The molecular weight excluding hydrogens is 263 g/mol. The first-order valence-electron chi connectivity index (χ1n) is 5.60. The van der Waals surface area contributed by atoms with E-state index in [0.29, 0.717) is 6.61 Å². The second-order valence-electron chi connectivity index (χ2n) is 3.58. The van der Waals surface area contributed by atoms with E-state index in [1.54, 1.807) is 0 Å². The molecule has 0 aliphatic heterocycles. The first-order valence-corrected chi connectivity index (χ1v) is 6.52. The number of halogens is 2. The Labute approximate surface area is 99.7 Å². The maximum Gasteiger partial charge on any atom is 0.309 e. The van der Waals surface area contributed by atoms with Crippen LogP contribution in [0.25, 0.3) is 0 Å². The van der Waals surface area contributed by atoms with Gasteiger partial charge >= 0.3 is 5.97 Å². The summed E-state index contributed by atoms with van der Waals surface area (Å²) in [5.74, 6) is -0.465. The number of unbranched alkanes of at least 4 members (excludes halogenated alkanes) is 5. The minimum Gasteiger partial charge on any atom is -0.466 e. The molecule has 1 atom stereocenters. The molecule has 15 heavy (non-hydrogen) atoms. The van der Waals surface area contributed by atoms with Gasteiger partial charge < -0.3 is 4.74 Å². The molecule has 0 heterocycles. The van der Waals surface area contributed by atoms with Crippen LogP contribution in [0.15, 0.2) is 0 Å². The highest BCUT2D eigenvalue weighted by Gasteiger charge is 2.09. The summed E-state index contributed by atoms with van der Waals surface area (Å²) >= 11 is 2.66. The predicted molar refractivity (Wildman–Crippen MR) is 62.8 cm³/mol. The molecule has 0 saturated heterocycles. The monoisotopic (exact) mass is 282 g/mol. The van der Waals surface area contributed by atoms with Gasteiger partial charge in [0.1, 0.15) is 0 Å². The largest absolute Gasteiger partial charge is 0.466 e. The molecule has 0 bridgehead atoms. The average molecular weight is 283 g/mol. The van der Waals surface area contributed by atoms with Crippen LogP contribution in [0, 0.1) is 0 Å². The minimum atomic E-state index is -1.28. The van der Waals surface area contributed by atoms with Crippen LogP contribution in [0.5, 0.6) is 0 Å². The lowest BCUT2D eigenvalue weighted by Gasteiger charge is -2.04. The van der Waals surface area contributed by atoms with Gasteiger partial charge in [0.15, 0.2) is 5.08 Å². The summed E-state index contributed by atoms with van der Waals surface area (Å²) in [4.78, 5) is 10.9. The molecule has 0 spiro atoms. The number of esters is 1. The number of carbonyl (C=O) groups is 1. The van der Waals surface area contributed by atoms with Crippen LogP contribution >= 0.6 is 15.9 Å². The molecule has 0 fully saturated rings. The molecule has 0 aliphatic carbocycles. The lowest BCUT2D eigenvalue weighted by atomic mass is 10.1. The van der Waals surface area contributed by atoms with E-state index in [9.17, 15) is 9.18 Å². The van der Waals surface area contributed by atoms with Crippen molar-refractivity contribution in [1.29, 1.82) is 0 Å². The van der Waals surface area contributed by atoms with Gasteiger partial charge in [-0.15, -0.1) is 0 Å². The third kappa shape index (κ3) is 11.8. The van der Waals surface area contributed by atoms with Crippen molar-refractivity contribution in [2.24, 2.45) is 0 Å². The molecule has 90 valence electrons. The molecule has 0 amide bonds. The molecule has 0 N–H and O–H groups in total. The van der Waals surface area contributed by atoms with Gasteiger partial charge in [0.25, 0.3) is 0 Å². The number of carbonyl (C=O) groups excluding carboxylic acids is 1. The van der Waals surface area contributed by atoms with Crippen LogP contribution in [0.4, 0.5) is 4.39 Å². The van der Waals surface area contributed by atoms with Gasteiger partial charge in [-0.3, -0.25) is 4.79 Å². The molecule has 0 saturated carbocycles. The van der Waals surface area contributed by atoms with Crippen molar-refractivity contribution in [3.8, 4) is 0 Å². The molecule has 0 aromatic rings. The Hall–Kier alpha value is -0.120. The van der Waals surface area contributed by atoms with E-state index in [2.05, 4.69) is 22.9 Å². The Morgan fingerprint density at radius 2 is 1.87 bits per heavy atom. The maximum absolute atomic E-state index is 12.3. The molecule has 4 heteroatoms. The van der Waals surface area contributed by atoms with Gasteiger partial charge in [-0.05, 0) is 6.42 Å².